The number of pyridine rings is 1. The summed E-state index contributed by atoms with van der Waals surface area (Å²) in [6.45, 7) is 0.942. The molecule has 0 unspecified atom stereocenters. The van der Waals surface area contributed by atoms with Gasteiger partial charge in [0.05, 0.1) is 49.0 Å². The first-order valence-corrected chi connectivity index (χ1v) is 12.2. The predicted octanol–water partition coefficient (Wildman–Crippen LogP) is 0.955. The highest BCUT2D eigenvalue weighted by Crippen LogP contribution is 2.34. The van der Waals surface area contributed by atoms with Crippen LogP contribution in [0.2, 0.25) is 0 Å². The summed E-state index contributed by atoms with van der Waals surface area (Å²) in [5.41, 5.74) is 9.47. The van der Waals surface area contributed by atoms with Crippen molar-refractivity contribution in [2.24, 2.45) is 5.16 Å². The second-order valence-electron chi connectivity index (χ2n) is 8.73. The lowest BCUT2D eigenvalue weighted by atomic mass is 9.90. The van der Waals surface area contributed by atoms with Crippen LogP contribution >= 0.6 is 0 Å². The first-order valence-electron chi connectivity index (χ1n) is 12.2. The summed E-state index contributed by atoms with van der Waals surface area (Å²) < 4.78 is 19.6. The maximum atomic E-state index is 14.4. The Morgan fingerprint density at radius 3 is 2.69 bits per heavy atom. The van der Waals surface area contributed by atoms with Gasteiger partial charge in [0.15, 0.2) is 12.4 Å². The van der Waals surface area contributed by atoms with Crippen LogP contribution in [-0.4, -0.2) is 81.8 Å². The Hall–Kier alpha value is -4.36. The molecule has 12 nitrogen and oxygen atoms in total. The van der Waals surface area contributed by atoms with E-state index in [2.05, 4.69) is 25.4 Å². The van der Waals surface area contributed by atoms with Gasteiger partial charge in [-0.3, -0.25) is 4.79 Å². The fourth-order valence-electron chi connectivity index (χ4n) is 4.43. The lowest BCUT2D eigenvalue weighted by Crippen LogP contribution is -2.39. The van der Waals surface area contributed by atoms with Crippen molar-refractivity contribution < 1.29 is 29.0 Å². The average Bonchev–Trinajstić information content (AvgIpc) is 2.92. The summed E-state index contributed by atoms with van der Waals surface area (Å²) in [6, 6.07) is 9.21. The molecule has 0 saturated carbocycles. The van der Waals surface area contributed by atoms with Gasteiger partial charge in [-0.25, -0.2) is 19.3 Å². The molecule has 0 fully saturated rings. The molecule has 0 radical (unpaired) electrons. The Bertz CT molecular complexity index is 1360. The number of anilines is 1. The van der Waals surface area contributed by atoms with Crippen LogP contribution in [-0.2, 0) is 16.1 Å². The number of benzene rings is 1. The largest absolute Gasteiger partial charge is 0.481 e. The van der Waals surface area contributed by atoms with Gasteiger partial charge >= 0.3 is 0 Å². The summed E-state index contributed by atoms with van der Waals surface area (Å²) >= 11 is 0. The number of hydrogen-bond acceptors (Lipinski definition) is 10. The van der Waals surface area contributed by atoms with Crippen molar-refractivity contribution in [3.8, 4) is 17.1 Å². The van der Waals surface area contributed by atoms with E-state index in [1.807, 2.05) is 0 Å². The number of aliphatic hydroxyl groups excluding tert-OH is 2. The zero-order valence-electron chi connectivity index (χ0n) is 21.6. The molecule has 1 aliphatic heterocycles. The molecule has 2 aromatic heterocycles. The molecule has 13 heteroatoms. The first-order chi connectivity index (χ1) is 18.8. The molecular formula is C26H30FN7O5. The zero-order chi connectivity index (χ0) is 27.9. The number of nitrogen functional groups attached to an aromatic ring is 1. The van der Waals surface area contributed by atoms with Gasteiger partial charge in [0.1, 0.15) is 5.82 Å². The highest BCUT2D eigenvalue weighted by atomic mass is 19.1. The van der Waals surface area contributed by atoms with E-state index in [0.29, 0.717) is 40.5 Å². The number of ether oxygens (including phenoxy) is 1. The molecule has 1 aliphatic rings. The van der Waals surface area contributed by atoms with E-state index in [0.717, 1.165) is 5.56 Å². The molecular weight excluding hydrogens is 509 g/mol. The van der Waals surface area contributed by atoms with Gasteiger partial charge in [0, 0.05) is 31.1 Å². The standard InChI is InChI=1S/C26H30FN7O5/c1-15-24-21(32-26(28)29-15)13-20(31-25(24)33-39-14-23(37)34(8-10-35)9-11-36)17-7-6-16(27)12-18(17)19-4-3-5-22(30-19)38-2/h3-7,12,20,35-36H,8-11,13-14H2,1-2H3,(H,31,33)(H2,28,29,32)/t20-/m1/s1. The molecule has 3 heterocycles. The van der Waals surface area contributed by atoms with E-state index < -0.39 is 24.4 Å². The minimum Gasteiger partial charge on any atom is -0.481 e. The molecule has 3 aromatic rings. The number of amidine groups is 1. The van der Waals surface area contributed by atoms with Crippen molar-refractivity contribution in [3.63, 3.8) is 0 Å². The molecule has 0 aliphatic carbocycles. The van der Waals surface area contributed by atoms with Crippen molar-refractivity contribution in [1.82, 2.24) is 25.2 Å². The number of hydrogen-bond donors (Lipinski definition) is 4. The lowest BCUT2D eigenvalue weighted by Gasteiger charge is -2.29. The number of halogens is 1. The van der Waals surface area contributed by atoms with Crippen LogP contribution in [0.25, 0.3) is 11.3 Å². The van der Waals surface area contributed by atoms with Crippen LogP contribution in [0, 0.1) is 12.7 Å². The van der Waals surface area contributed by atoms with Crippen LogP contribution < -0.4 is 15.8 Å². The van der Waals surface area contributed by atoms with E-state index in [9.17, 15) is 19.4 Å². The fourth-order valence-corrected chi connectivity index (χ4v) is 4.43. The second kappa shape index (κ2) is 12.5. The number of aryl methyl sites for hydroxylation is 1. The number of methoxy groups -OCH3 is 1. The highest BCUT2D eigenvalue weighted by molar-refractivity contribution is 6.01. The maximum Gasteiger partial charge on any atom is 0.263 e. The number of carbonyl (C=O) groups is 1. The number of nitrogens with one attached hydrogen (secondary N) is 1. The summed E-state index contributed by atoms with van der Waals surface area (Å²) in [4.78, 5) is 32.3. The second-order valence-corrected chi connectivity index (χ2v) is 8.73. The molecule has 0 bridgehead atoms. The topological polar surface area (TPSA) is 168 Å². The van der Waals surface area contributed by atoms with Crippen LogP contribution in [0.5, 0.6) is 5.88 Å². The predicted molar refractivity (Wildman–Crippen MR) is 140 cm³/mol. The number of nitrogens with two attached hydrogens (primary N) is 1. The summed E-state index contributed by atoms with van der Waals surface area (Å²) in [5, 5.41) is 25.9. The van der Waals surface area contributed by atoms with E-state index in [-0.39, 0.29) is 38.1 Å². The van der Waals surface area contributed by atoms with Crippen molar-refractivity contribution in [1.29, 1.82) is 0 Å². The molecule has 1 amide bonds. The summed E-state index contributed by atoms with van der Waals surface area (Å²) in [6.07, 6.45) is 0.379. The van der Waals surface area contributed by atoms with Crippen molar-refractivity contribution >= 4 is 17.7 Å². The molecule has 1 aromatic carbocycles. The number of carbonyl (C=O) groups excluding carboxylic acids is 1. The molecule has 39 heavy (non-hydrogen) atoms. The summed E-state index contributed by atoms with van der Waals surface area (Å²) in [7, 11) is 1.50. The number of rotatable bonds is 10. The Labute approximate surface area is 224 Å². The molecule has 1 atom stereocenters. The first kappa shape index (κ1) is 27.7. The number of nitrogens with zero attached hydrogens (tertiary/aromatic N) is 5. The van der Waals surface area contributed by atoms with Gasteiger partial charge in [-0.05, 0) is 30.7 Å². The van der Waals surface area contributed by atoms with Gasteiger partial charge in [-0.2, -0.15) is 0 Å². The van der Waals surface area contributed by atoms with Gasteiger partial charge in [0.25, 0.3) is 5.91 Å². The molecule has 0 saturated heterocycles. The summed E-state index contributed by atoms with van der Waals surface area (Å²) in [5.74, 6) is -0.123. The van der Waals surface area contributed by atoms with Crippen LogP contribution in [0.1, 0.15) is 28.6 Å². The monoisotopic (exact) mass is 539 g/mol. The lowest BCUT2D eigenvalue weighted by molar-refractivity contribution is -0.137. The smallest absolute Gasteiger partial charge is 0.263 e. The quantitative estimate of drug-likeness (QED) is 0.272. The normalized spacial score (nSPS) is 15.4. The molecule has 0 spiro atoms. The third kappa shape index (κ3) is 6.38. The SMILES string of the molecule is COc1cccc(-c2cc(F)ccc2[C@H]2Cc3nc(N)nc(C)c3/C(=N/OCC(=O)N(CCO)CCO)N2)n1. The van der Waals surface area contributed by atoms with E-state index in [1.165, 1.54) is 24.1 Å². The van der Waals surface area contributed by atoms with E-state index >= 15 is 0 Å². The van der Waals surface area contributed by atoms with E-state index in [1.54, 1.807) is 31.2 Å². The van der Waals surface area contributed by atoms with Gasteiger partial charge in [-0.15, -0.1) is 0 Å². The van der Waals surface area contributed by atoms with E-state index in [4.69, 9.17) is 15.3 Å². The van der Waals surface area contributed by atoms with Gasteiger partial charge in [-0.1, -0.05) is 17.3 Å². The Morgan fingerprint density at radius 2 is 1.97 bits per heavy atom. The van der Waals surface area contributed by atoms with Crippen molar-refractivity contribution in [2.45, 2.75) is 19.4 Å². The minimum absolute atomic E-state index is 0.0559. The number of oxime groups is 1. The Morgan fingerprint density at radius 1 is 1.21 bits per heavy atom. The van der Waals surface area contributed by atoms with Gasteiger partial charge in [0.2, 0.25) is 11.8 Å². The number of amides is 1. The Kier molecular flexibility index (Phi) is 8.84. The average molecular weight is 540 g/mol. The fraction of sp³-hybridized carbons (Fsp3) is 0.346. The van der Waals surface area contributed by atoms with Crippen molar-refractivity contribution in [3.05, 3.63) is 64.7 Å². The van der Waals surface area contributed by atoms with Crippen LogP contribution in [0.15, 0.2) is 41.6 Å². The zero-order valence-corrected chi connectivity index (χ0v) is 21.6. The van der Waals surface area contributed by atoms with Crippen LogP contribution in [0.4, 0.5) is 10.3 Å². The number of fused-ring (bicyclic) bond motifs is 1. The highest BCUT2D eigenvalue weighted by Gasteiger charge is 2.30. The molecule has 5 N–H and O–H groups in total. The third-order valence-electron chi connectivity index (χ3n) is 6.16. The Balaban J connectivity index is 1.69. The molecule has 4 rings (SSSR count). The van der Waals surface area contributed by atoms with Crippen LogP contribution in [0.3, 0.4) is 0 Å². The van der Waals surface area contributed by atoms with Crippen molar-refractivity contribution in [2.75, 3.05) is 45.8 Å². The number of aromatic nitrogens is 3. The molecule has 206 valence electrons. The number of aliphatic hydroxyl groups is 2. The minimum atomic E-state index is -0.453. The third-order valence-corrected chi connectivity index (χ3v) is 6.16. The maximum absolute atomic E-state index is 14.4. The van der Waals surface area contributed by atoms with Gasteiger partial charge < -0.3 is 35.7 Å².